The highest BCUT2D eigenvalue weighted by molar-refractivity contribution is 6.00. The third-order valence-electron chi connectivity index (χ3n) is 7.04. The van der Waals surface area contributed by atoms with Gasteiger partial charge in [0.25, 0.3) is 0 Å². The zero-order chi connectivity index (χ0) is 25.2. The van der Waals surface area contributed by atoms with E-state index in [-0.39, 0.29) is 41.6 Å². The van der Waals surface area contributed by atoms with Crippen molar-refractivity contribution >= 4 is 29.5 Å². The third-order valence-corrected chi connectivity index (χ3v) is 7.04. The molecule has 3 heterocycles. The standard InChI is InChI=1S/C26H36N4O5/c1-26(2,3)35-25(34)17-13-14-30(15-17)24(33)16-7-9-18(10-8-16)27-21-6-4-5-20(28-21)19-11-12-22(31)29-23(19)32/h4-6,16-19H,7-15H2,1-3H3,(H,27,28)(H,29,31,32)/t16?,17-,18?,19?/m1/s1. The van der Waals surface area contributed by atoms with Gasteiger partial charge in [0.15, 0.2) is 0 Å². The van der Waals surface area contributed by atoms with E-state index in [1.807, 2.05) is 43.9 Å². The number of pyridine rings is 1. The second kappa shape index (κ2) is 10.3. The van der Waals surface area contributed by atoms with E-state index < -0.39 is 11.5 Å². The molecule has 190 valence electrons. The molecule has 0 spiro atoms. The predicted molar refractivity (Wildman–Crippen MR) is 129 cm³/mol. The summed E-state index contributed by atoms with van der Waals surface area (Å²) in [5.41, 5.74) is 0.147. The Balaban J connectivity index is 1.26. The van der Waals surface area contributed by atoms with Crippen LogP contribution in [0.15, 0.2) is 18.2 Å². The van der Waals surface area contributed by atoms with E-state index in [2.05, 4.69) is 15.6 Å². The number of hydrogen-bond acceptors (Lipinski definition) is 7. The molecule has 1 aliphatic carbocycles. The summed E-state index contributed by atoms with van der Waals surface area (Å²) >= 11 is 0. The Kier molecular flexibility index (Phi) is 7.42. The zero-order valence-corrected chi connectivity index (χ0v) is 20.8. The summed E-state index contributed by atoms with van der Waals surface area (Å²) in [4.78, 5) is 55.5. The van der Waals surface area contributed by atoms with Crippen LogP contribution in [0.2, 0.25) is 0 Å². The van der Waals surface area contributed by atoms with Gasteiger partial charge in [0.2, 0.25) is 17.7 Å². The van der Waals surface area contributed by atoms with Crippen LogP contribution >= 0.6 is 0 Å². The number of likely N-dealkylation sites (tertiary alicyclic amines) is 1. The van der Waals surface area contributed by atoms with Gasteiger partial charge in [-0.2, -0.15) is 0 Å². The lowest BCUT2D eigenvalue weighted by Crippen LogP contribution is -2.40. The maximum Gasteiger partial charge on any atom is 0.311 e. The Morgan fingerprint density at radius 2 is 1.80 bits per heavy atom. The molecule has 3 amide bonds. The second-order valence-corrected chi connectivity index (χ2v) is 10.9. The molecule has 2 atom stereocenters. The first-order valence-electron chi connectivity index (χ1n) is 12.7. The molecule has 9 nitrogen and oxygen atoms in total. The Bertz CT molecular complexity index is 980. The van der Waals surface area contributed by atoms with Gasteiger partial charge in [-0.3, -0.25) is 24.5 Å². The van der Waals surface area contributed by atoms with Gasteiger partial charge in [0, 0.05) is 31.5 Å². The lowest BCUT2D eigenvalue weighted by molar-refractivity contribution is -0.159. The quantitative estimate of drug-likeness (QED) is 0.487. The molecule has 0 radical (unpaired) electrons. The number of hydrogen-bond donors (Lipinski definition) is 2. The van der Waals surface area contributed by atoms with Crippen LogP contribution in [-0.4, -0.2) is 58.3 Å². The molecule has 0 bridgehead atoms. The minimum atomic E-state index is -0.518. The largest absolute Gasteiger partial charge is 0.460 e. The molecular formula is C26H36N4O5. The van der Waals surface area contributed by atoms with Crippen molar-refractivity contribution in [3.8, 4) is 0 Å². The second-order valence-electron chi connectivity index (χ2n) is 10.9. The number of nitrogens with zero attached hydrogens (tertiary/aromatic N) is 2. The number of amides is 3. The molecule has 1 aromatic rings. The molecule has 9 heteroatoms. The highest BCUT2D eigenvalue weighted by Gasteiger charge is 2.37. The van der Waals surface area contributed by atoms with Crippen molar-refractivity contribution in [1.29, 1.82) is 0 Å². The molecule has 3 aliphatic rings. The number of carbonyl (C=O) groups is 4. The minimum Gasteiger partial charge on any atom is -0.460 e. The average Bonchev–Trinajstić information content (AvgIpc) is 3.29. The number of rotatable bonds is 5. The highest BCUT2D eigenvalue weighted by atomic mass is 16.6. The SMILES string of the molecule is CC(C)(C)OC(=O)[C@@H]1CCN(C(=O)C2CCC(Nc3cccc(C4CCC(=O)NC4=O)n3)CC2)C1. The van der Waals surface area contributed by atoms with Gasteiger partial charge in [0.05, 0.1) is 17.5 Å². The van der Waals surface area contributed by atoms with E-state index >= 15 is 0 Å². The van der Waals surface area contributed by atoms with E-state index in [4.69, 9.17) is 4.74 Å². The van der Waals surface area contributed by atoms with E-state index in [1.54, 1.807) is 0 Å². The smallest absolute Gasteiger partial charge is 0.311 e. The molecule has 4 rings (SSSR count). The normalized spacial score (nSPS) is 27.3. The molecule has 2 aliphatic heterocycles. The number of aromatic nitrogens is 1. The number of carbonyl (C=O) groups excluding carboxylic acids is 4. The average molecular weight is 485 g/mol. The van der Waals surface area contributed by atoms with Gasteiger partial charge < -0.3 is 15.0 Å². The fourth-order valence-corrected chi connectivity index (χ4v) is 5.19. The van der Waals surface area contributed by atoms with Crippen molar-refractivity contribution in [3.05, 3.63) is 23.9 Å². The molecule has 2 saturated heterocycles. The number of imide groups is 1. The first-order chi connectivity index (χ1) is 16.6. The number of piperidine rings is 1. The molecular weight excluding hydrogens is 448 g/mol. The maximum absolute atomic E-state index is 13.1. The van der Waals surface area contributed by atoms with Gasteiger partial charge in [-0.1, -0.05) is 6.07 Å². The molecule has 1 saturated carbocycles. The number of nitrogens with one attached hydrogen (secondary N) is 2. The van der Waals surface area contributed by atoms with Gasteiger partial charge >= 0.3 is 5.97 Å². The molecule has 2 N–H and O–H groups in total. The van der Waals surface area contributed by atoms with Crippen LogP contribution in [0, 0.1) is 11.8 Å². The van der Waals surface area contributed by atoms with E-state index in [1.165, 1.54) is 0 Å². The molecule has 0 aromatic carbocycles. The van der Waals surface area contributed by atoms with Crippen LogP contribution in [0.4, 0.5) is 5.82 Å². The van der Waals surface area contributed by atoms with Gasteiger partial charge in [-0.25, -0.2) is 4.98 Å². The van der Waals surface area contributed by atoms with Crippen molar-refractivity contribution in [2.45, 2.75) is 83.3 Å². The van der Waals surface area contributed by atoms with Crippen LogP contribution in [-0.2, 0) is 23.9 Å². The van der Waals surface area contributed by atoms with E-state index in [0.717, 1.165) is 25.7 Å². The van der Waals surface area contributed by atoms with Gasteiger partial charge in [-0.15, -0.1) is 0 Å². The molecule has 1 aromatic heterocycles. The lowest BCUT2D eigenvalue weighted by atomic mass is 9.85. The van der Waals surface area contributed by atoms with Crippen molar-refractivity contribution in [3.63, 3.8) is 0 Å². The van der Waals surface area contributed by atoms with E-state index in [9.17, 15) is 19.2 Å². The molecule has 35 heavy (non-hydrogen) atoms. The molecule has 1 unspecified atom stereocenters. The van der Waals surface area contributed by atoms with Crippen LogP contribution in [0.3, 0.4) is 0 Å². The summed E-state index contributed by atoms with van der Waals surface area (Å²) < 4.78 is 5.50. The summed E-state index contributed by atoms with van der Waals surface area (Å²) in [7, 11) is 0. The summed E-state index contributed by atoms with van der Waals surface area (Å²) in [6.45, 7) is 6.63. The van der Waals surface area contributed by atoms with Crippen LogP contribution in [0.25, 0.3) is 0 Å². The third kappa shape index (κ3) is 6.38. The van der Waals surface area contributed by atoms with Crippen LogP contribution in [0.5, 0.6) is 0 Å². The number of anilines is 1. The lowest BCUT2D eigenvalue weighted by Gasteiger charge is -2.31. The summed E-state index contributed by atoms with van der Waals surface area (Å²) in [5.74, 6) is -0.552. The Hall–Kier alpha value is -2.97. The summed E-state index contributed by atoms with van der Waals surface area (Å²) in [6, 6.07) is 5.78. The van der Waals surface area contributed by atoms with Crippen molar-refractivity contribution in [2.75, 3.05) is 18.4 Å². The number of ether oxygens (including phenoxy) is 1. The first-order valence-corrected chi connectivity index (χ1v) is 12.7. The topological polar surface area (TPSA) is 118 Å². The summed E-state index contributed by atoms with van der Waals surface area (Å²) in [5, 5.41) is 5.85. The van der Waals surface area contributed by atoms with Crippen LogP contribution in [0.1, 0.15) is 77.3 Å². The maximum atomic E-state index is 13.1. The van der Waals surface area contributed by atoms with Crippen molar-refractivity contribution in [1.82, 2.24) is 15.2 Å². The van der Waals surface area contributed by atoms with Crippen LogP contribution < -0.4 is 10.6 Å². The van der Waals surface area contributed by atoms with Gasteiger partial charge in [-0.05, 0) is 71.4 Å². The number of esters is 1. The Morgan fingerprint density at radius 1 is 1.06 bits per heavy atom. The fraction of sp³-hybridized carbons (Fsp3) is 0.654. The summed E-state index contributed by atoms with van der Waals surface area (Å²) in [6.07, 6.45) is 4.73. The molecule has 3 fully saturated rings. The zero-order valence-electron chi connectivity index (χ0n) is 20.8. The monoisotopic (exact) mass is 484 g/mol. The Morgan fingerprint density at radius 3 is 2.49 bits per heavy atom. The predicted octanol–water partition coefficient (Wildman–Crippen LogP) is 2.76. The van der Waals surface area contributed by atoms with E-state index in [0.29, 0.717) is 43.9 Å². The Labute approximate surface area is 206 Å². The van der Waals surface area contributed by atoms with Gasteiger partial charge in [0.1, 0.15) is 11.4 Å². The van der Waals surface area contributed by atoms with Crippen molar-refractivity contribution in [2.24, 2.45) is 11.8 Å². The minimum absolute atomic E-state index is 0.0202. The highest BCUT2D eigenvalue weighted by Crippen LogP contribution is 2.31. The first kappa shape index (κ1) is 25.1. The fourth-order valence-electron chi connectivity index (χ4n) is 5.19. The van der Waals surface area contributed by atoms with Crippen molar-refractivity contribution < 1.29 is 23.9 Å².